The van der Waals surface area contributed by atoms with Gasteiger partial charge in [-0.25, -0.2) is 0 Å². The van der Waals surface area contributed by atoms with Crippen LogP contribution in [0.25, 0.3) is 0 Å². The van der Waals surface area contributed by atoms with Crippen molar-refractivity contribution in [3.05, 3.63) is 0 Å². The zero-order valence-electron chi connectivity index (χ0n) is 9.30. The van der Waals surface area contributed by atoms with Gasteiger partial charge in [-0.3, -0.25) is 9.59 Å². The van der Waals surface area contributed by atoms with Gasteiger partial charge in [0.25, 0.3) is 0 Å². The van der Waals surface area contributed by atoms with E-state index >= 15 is 0 Å². The smallest absolute Gasteiger partial charge is 0.146 e. The molecule has 0 amide bonds. The predicted octanol–water partition coefficient (Wildman–Crippen LogP) is 1.27. The van der Waals surface area contributed by atoms with Gasteiger partial charge in [0.1, 0.15) is 11.6 Å². The molecular weight excluding hydrogens is 178 g/mol. The fourth-order valence-corrected chi connectivity index (χ4v) is 1.84. The number of carbonyl (C=O) groups excluding carboxylic acids is 2. The summed E-state index contributed by atoms with van der Waals surface area (Å²) in [6, 6.07) is 0. The Kier molecular flexibility index (Phi) is 3.43. The normalized spacial score (nSPS) is 21.7. The van der Waals surface area contributed by atoms with E-state index in [-0.39, 0.29) is 11.6 Å². The van der Waals surface area contributed by atoms with Crippen molar-refractivity contribution in [1.29, 1.82) is 0 Å². The molecule has 1 fully saturated rings. The molecule has 1 aliphatic carbocycles. The highest BCUT2D eigenvalue weighted by Gasteiger charge is 2.41. The van der Waals surface area contributed by atoms with Crippen LogP contribution < -0.4 is 0 Å². The molecule has 0 aromatic heterocycles. The standard InChI is InChI=1S/C11H19NO2/c1-11(7-8-12(2)3)9(13)5-4-6-10(11)14/h4-8H2,1-3H3. The van der Waals surface area contributed by atoms with Crippen molar-refractivity contribution in [1.82, 2.24) is 4.90 Å². The van der Waals surface area contributed by atoms with Gasteiger partial charge in [-0.1, -0.05) is 0 Å². The van der Waals surface area contributed by atoms with Crippen LogP contribution in [0.4, 0.5) is 0 Å². The largest absolute Gasteiger partial charge is 0.309 e. The van der Waals surface area contributed by atoms with E-state index in [0.29, 0.717) is 19.3 Å². The molecule has 0 N–H and O–H groups in total. The van der Waals surface area contributed by atoms with E-state index in [4.69, 9.17) is 0 Å². The third-order valence-corrected chi connectivity index (χ3v) is 3.10. The number of hydrogen-bond acceptors (Lipinski definition) is 3. The Labute approximate surface area is 85.5 Å². The molecule has 0 aromatic rings. The molecule has 0 spiro atoms. The van der Waals surface area contributed by atoms with Gasteiger partial charge in [-0.2, -0.15) is 0 Å². The van der Waals surface area contributed by atoms with Gasteiger partial charge in [0.15, 0.2) is 0 Å². The van der Waals surface area contributed by atoms with Crippen molar-refractivity contribution in [3.63, 3.8) is 0 Å². The maximum atomic E-state index is 11.7. The summed E-state index contributed by atoms with van der Waals surface area (Å²) < 4.78 is 0. The maximum Gasteiger partial charge on any atom is 0.146 e. The molecule has 1 aliphatic rings. The van der Waals surface area contributed by atoms with Crippen molar-refractivity contribution in [2.24, 2.45) is 5.41 Å². The van der Waals surface area contributed by atoms with Crippen LogP contribution in [0.1, 0.15) is 32.6 Å². The zero-order chi connectivity index (χ0) is 10.8. The van der Waals surface area contributed by atoms with E-state index in [9.17, 15) is 9.59 Å². The zero-order valence-corrected chi connectivity index (χ0v) is 9.30. The molecule has 3 nitrogen and oxygen atoms in total. The molecule has 1 rings (SSSR count). The number of Topliss-reactive ketones (excluding diaryl/α,β-unsaturated/α-hetero) is 2. The second kappa shape index (κ2) is 4.22. The molecular formula is C11H19NO2. The van der Waals surface area contributed by atoms with Gasteiger partial charge >= 0.3 is 0 Å². The fourth-order valence-electron chi connectivity index (χ4n) is 1.84. The highest BCUT2D eigenvalue weighted by molar-refractivity contribution is 6.08. The Bertz CT molecular complexity index is 230. The first-order valence-corrected chi connectivity index (χ1v) is 5.18. The summed E-state index contributed by atoms with van der Waals surface area (Å²) in [6.07, 6.45) is 2.57. The Morgan fingerprint density at radius 2 is 1.71 bits per heavy atom. The number of carbonyl (C=O) groups is 2. The number of hydrogen-bond donors (Lipinski definition) is 0. The van der Waals surface area contributed by atoms with Gasteiger partial charge < -0.3 is 4.90 Å². The summed E-state index contributed by atoms with van der Waals surface area (Å²) in [7, 11) is 3.92. The van der Waals surface area contributed by atoms with Crippen molar-refractivity contribution in [2.45, 2.75) is 32.6 Å². The molecule has 80 valence electrons. The van der Waals surface area contributed by atoms with E-state index in [2.05, 4.69) is 0 Å². The summed E-state index contributed by atoms with van der Waals surface area (Å²) in [6.45, 7) is 2.61. The predicted molar refractivity (Wildman–Crippen MR) is 55.1 cm³/mol. The SMILES string of the molecule is CN(C)CCC1(C)C(=O)CCCC1=O. The van der Waals surface area contributed by atoms with Crippen LogP contribution in [0, 0.1) is 5.41 Å². The third kappa shape index (κ3) is 2.21. The van der Waals surface area contributed by atoms with Crippen LogP contribution >= 0.6 is 0 Å². The quantitative estimate of drug-likeness (QED) is 0.639. The van der Waals surface area contributed by atoms with Crippen LogP contribution in [0.15, 0.2) is 0 Å². The summed E-state index contributed by atoms with van der Waals surface area (Å²) in [5.74, 6) is 0.270. The Morgan fingerprint density at radius 1 is 1.21 bits per heavy atom. The second-order valence-corrected chi connectivity index (χ2v) is 4.59. The molecule has 0 aliphatic heterocycles. The highest BCUT2D eigenvalue weighted by Crippen LogP contribution is 2.32. The van der Waals surface area contributed by atoms with E-state index in [0.717, 1.165) is 13.0 Å². The average Bonchev–Trinajstić information content (AvgIpc) is 2.11. The number of nitrogens with zero attached hydrogens (tertiary/aromatic N) is 1. The number of rotatable bonds is 3. The lowest BCUT2D eigenvalue weighted by Crippen LogP contribution is -2.41. The minimum Gasteiger partial charge on any atom is -0.309 e. The lowest BCUT2D eigenvalue weighted by atomic mass is 9.71. The Hall–Kier alpha value is -0.700. The van der Waals surface area contributed by atoms with Crippen molar-refractivity contribution < 1.29 is 9.59 Å². The van der Waals surface area contributed by atoms with E-state index < -0.39 is 5.41 Å². The van der Waals surface area contributed by atoms with Gasteiger partial charge in [0.05, 0.1) is 5.41 Å². The maximum absolute atomic E-state index is 11.7. The van der Waals surface area contributed by atoms with Gasteiger partial charge in [0.2, 0.25) is 0 Å². The van der Waals surface area contributed by atoms with E-state index in [1.165, 1.54) is 0 Å². The molecule has 0 saturated heterocycles. The molecule has 0 radical (unpaired) electrons. The van der Waals surface area contributed by atoms with Crippen LogP contribution in [0.5, 0.6) is 0 Å². The van der Waals surface area contributed by atoms with Crippen molar-refractivity contribution in [3.8, 4) is 0 Å². The van der Waals surface area contributed by atoms with Gasteiger partial charge in [-0.05, 0) is 40.4 Å². The van der Waals surface area contributed by atoms with Gasteiger partial charge in [0, 0.05) is 12.8 Å². The summed E-state index contributed by atoms with van der Waals surface area (Å²) >= 11 is 0. The highest BCUT2D eigenvalue weighted by atomic mass is 16.2. The first-order valence-electron chi connectivity index (χ1n) is 5.18. The van der Waals surface area contributed by atoms with Crippen molar-refractivity contribution >= 4 is 11.6 Å². The molecule has 14 heavy (non-hydrogen) atoms. The first-order chi connectivity index (χ1) is 6.47. The topological polar surface area (TPSA) is 37.4 Å². The summed E-state index contributed by atoms with van der Waals surface area (Å²) in [5, 5.41) is 0. The number of ketones is 2. The minimum atomic E-state index is -0.692. The van der Waals surface area contributed by atoms with Crippen LogP contribution in [-0.4, -0.2) is 37.1 Å². The Balaban J connectivity index is 2.67. The molecule has 3 heteroatoms. The molecule has 1 saturated carbocycles. The fraction of sp³-hybridized carbons (Fsp3) is 0.818. The van der Waals surface area contributed by atoms with Crippen LogP contribution in [0.2, 0.25) is 0 Å². The van der Waals surface area contributed by atoms with Crippen LogP contribution in [0.3, 0.4) is 0 Å². The molecule has 0 unspecified atom stereocenters. The Morgan fingerprint density at radius 3 is 2.14 bits per heavy atom. The molecule has 0 bridgehead atoms. The van der Waals surface area contributed by atoms with E-state index in [1.807, 2.05) is 19.0 Å². The lowest BCUT2D eigenvalue weighted by molar-refractivity contribution is -0.143. The summed E-state index contributed by atoms with van der Waals surface area (Å²) in [5.41, 5.74) is -0.692. The lowest BCUT2D eigenvalue weighted by Gasteiger charge is -2.31. The van der Waals surface area contributed by atoms with E-state index in [1.54, 1.807) is 6.92 Å². The third-order valence-electron chi connectivity index (χ3n) is 3.10. The average molecular weight is 197 g/mol. The summed E-state index contributed by atoms with van der Waals surface area (Å²) in [4.78, 5) is 25.4. The monoisotopic (exact) mass is 197 g/mol. The molecule has 0 atom stereocenters. The van der Waals surface area contributed by atoms with Crippen molar-refractivity contribution in [2.75, 3.05) is 20.6 Å². The first kappa shape index (κ1) is 11.4. The second-order valence-electron chi connectivity index (χ2n) is 4.59. The molecule has 0 heterocycles. The minimum absolute atomic E-state index is 0.135. The van der Waals surface area contributed by atoms with Crippen LogP contribution in [-0.2, 0) is 9.59 Å². The van der Waals surface area contributed by atoms with Gasteiger partial charge in [-0.15, -0.1) is 0 Å². The molecule has 0 aromatic carbocycles.